The Morgan fingerprint density at radius 1 is 0.810 bits per heavy atom. The summed E-state index contributed by atoms with van der Waals surface area (Å²) in [5.41, 5.74) is 6.54. The number of fused-ring (bicyclic) bond motifs is 2. The highest BCUT2D eigenvalue weighted by Gasteiger charge is 2.13. The largest absolute Gasteiger partial charge is 0.361 e. The molecule has 3 aromatic carbocycles. The van der Waals surface area contributed by atoms with E-state index < -0.39 is 0 Å². The van der Waals surface area contributed by atoms with E-state index in [1.807, 2.05) is 0 Å². The summed E-state index contributed by atoms with van der Waals surface area (Å²) < 4.78 is 0. The molecule has 102 valence electrons. The Hall–Kier alpha value is -2.54. The zero-order valence-electron chi connectivity index (χ0n) is 12.3. The Morgan fingerprint density at radius 2 is 1.52 bits per heavy atom. The van der Waals surface area contributed by atoms with Crippen molar-refractivity contribution in [1.82, 2.24) is 4.98 Å². The van der Waals surface area contributed by atoms with Crippen LogP contribution in [0.5, 0.6) is 0 Å². The second kappa shape index (κ2) is 4.49. The molecule has 0 aliphatic carbocycles. The molecule has 1 heterocycles. The first-order chi connectivity index (χ1) is 10.3. The van der Waals surface area contributed by atoms with E-state index >= 15 is 0 Å². The van der Waals surface area contributed by atoms with E-state index in [2.05, 4.69) is 79.6 Å². The summed E-state index contributed by atoms with van der Waals surface area (Å²) in [6.07, 6.45) is 2.14. The van der Waals surface area contributed by atoms with Crippen LogP contribution in [0.4, 0.5) is 0 Å². The molecule has 0 amide bonds. The number of benzene rings is 3. The molecule has 0 bridgehead atoms. The molecule has 1 N–H and O–H groups in total. The van der Waals surface area contributed by atoms with Crippen molar-refractivity contribution in [1.29, 1.82) is 0 Å². The topological polar surface area (TPSA) is 15.8 Å². The summed E-state index contributed by atoms with van der Waals surface area (Å²) in [6.45, 7) is 4.42. The highest BCUT2D eigenvalue weighted by atomic mass is 14.7. The first-order valence-corrected chi connectivity index (χ1v) is 7.31. The number of hydrogen-bond donors (Lipinski definition) is 1. The molecular formula is C20H17N. The van der Waals surface area contributed by atoms with E-state index in [0.717, 1.165) is 0 Å². The van der Waals surface area contributed by atoms with Crippen LogP contribution in [0.3, 0.4) is 0 Å². The summed E-state index contributed by atoms with van der Waals surface area (Å²) in [6, 6.07) is 19.4. The lowest BCUT2D eigenvalue weighted by Crippen LogP contribution is -1.89. The number of rotatable bonds is 1. The molecule has 0 atom stereocenters. The van der Waals surface area contributed by atoms with E-state index in [1.54, 1.807) is 0 Å². The molecule has 0 radical (unpaired) electrons. The molecule has 0 saturated heterocycles. The lowest BCUT2D eigenvalue weighted by Gasteiger charge is -2.13. The molecule has 0 unspecified atom stereocenters. The Balaban J connectivity index is 2.17. The highest BCUT2D eigenvalue weighted by Crippen LogP contribution is 2.37. The SMILES string of the molecule is Cc1cc2ccccc2c(-c2c[nH]c3ccccc23)c1C. The second-order valence-corrected chi connectivity index (χ2v) is 5.66. The Kier molecular flexibility index (Phi) is 2.61. The van der Waals surface area contributed by atoms with E-state index in [-0.39, 0.29) is 0 Å². The predicted octanol–water partition coefficient (Wildman–Crippen LogP) is 5.60. The molecule has 0 aliphatic rings. The molecule has 0 fully saturated rings. The van der Waals surface area contributed by atoms with Crippen LogP contribution in [0.1, 0.15) is 11.1 Å². The fraction of sp³-hybridized carbons (Fsp3) is 0.100. The van der Waals surface area contributed by atoms with Crippen molar-refractivity contribution < 1.29 is 0 Å². The number of aromatic amines is 1. The standard InChI is InChI=1S/C20H17N/c1-13-11-15-7-3-4-8-16(15)20(14(13)2)18-12-21-19-10-6-5-9-17(18)19/h3-12,21H,1-2H3. The highest BCUT2D eigenvalue weighted by molar-refractivity contribution is 6.06. The Bertz CT molecular complexity index is 960. The van der Waals surface area contributed by atoms with Gasteiger partial charge in [-0.3, -0.25) is 0 Å². The van der Waals surface area contributed by atoms with Gasteiger partial charge in [0.2, 0.25) is 0 Å². The minimum Gasteiger partial charge on any atom is -0.361 e. The van der Waals surface area contributed by atoms with Crippen molar-refractivity contribution in [2.24, 2.45) is 0 Å². The Labute approximate surface area is 124 Å². The van der Waals surface area contributed by atoms with Gasteiger partial charge in [0.15, 0.2) is 0 Å². The molecule has 1 heteroatoms. The van der Waals surface area contributed by atoms with Gasteiger partial charge in [0, 0.05) is 22.7 Å². The molecule has 0 spiro atoms. The average molecular weight is 271 g/mol. The van der Waals surface area contributed by atoms with Gasteiger partial charge in [0.25, 0.3) is 0 Å². The maximum atomic E-state index is 3.40. The average Bonchev–Trinajstić information content (AvgIpc) is 2.92. The zero-order valence-corrected chi connectivity index (χ0v) is 12.3. The van der Waals surface area contributed by atoms with Gasteiger partial charge in [0.1, 0.15) is 0 Å². The summed E-state index contributed by atoms with van der Waals surface area (Å²) in [7, 11) is 0. The van der Waals surface area contributed by atoms with Crippen molar-refractivity contribution in [3.05, 3.63) is 71.9 Å². The van der Waals surface area contributed by atoms with Crippen molar-refractivity contribution in [2.45, 2.75) is 13.8 Å². The maximum Gasteiger partial charge on any atom is 0.0460 e. The molecular weight excluding hydrogens is 254 g/mol. The lowest BCUT2D eigenvalue weighted by molar-refractivity contribution is 1.36. The van der Waals surface area contributed by atoms with Crippen LogP contribution in [-0.2, 0) is 0 Å². The van der Waals surface area contributed by atoms with Gasteiger partial charge in [-0.15, -0.1) is 0 Å². The smallest absolute Gasteiger partial charge is 0.0460 e. The van der Waals surface area contributed by atoms with Crippen molar-refractivity contribution in [2.75, 3.05) is 0 Å². The van der Waals surface area contributed by atoms with Crippen LogP contribution in [-0.4, -0.2) is 4.98 Å². The van der Waals surface area contributed by atoms with Gasteiger partial charge < -0.3 is 4.98 Å². The van der Waals surface area contributed by atoms with Gasteiger partial charge in [-0.2, -0.15) is 0 Å². The molecule has 1 nitrogen and oxygen atoms in total. The molecule has 4 rings (SSSR count). The quantitative estimate of drug-likeness (QED) is 0.463. The summed E-state index contributed by atoms with van der Waals surface area (Å²) in [5.74, 6) is 0. The normalized spacial score (nSPS) is 11.3. The first-order valence-electron chi connectivity index (χ1n) is 7.31. The monoisotopic (exact) mass is 271 g/mol. The third-order valence-electron chi connectivity index (χ3n) is 4.43. The van der Waals surface area contributed by atoms with Gasteiger partial charge >= 0.3 is 0 Å². The predicted molar refractivity (Wildman–Crippen MR) is 90.7 cm³/mol. The number of aromatic nitrogens is 1. The number of aryl methyl sites for hydroxylation is 1. The maximum absolute atomic E-state index is 3.40. The van der Waals surface area contributed by atoms with E-state index in [9.17, 15) is 0 Å². The third kappa shape index (κ3) is 1.78. The number of para-hydroxylation sites is 1. The summed E-state index contributed by atoms with van der Waals surface area (Å²) in [5, 5.41) is 3.92. The van der Waals surface area contributed by atoms with E-state index in [4.69, 9.17) is 0 Å². The van der Waals surface area contributed by atoms with Crippen LogP contribution < -0.4 is 0 Å². The number of hydrogen-bond acceptors (Lipinski definition) is 0. The van der Waals surface area contributed by atoms with Crippen molar-refractivity contribution >= 4 is 21.7 Å². The fourth-order valence-electron chi connectivity index (χ4n) is 3.22. The van der Waals surface area contributed by atoms with Crippen LogP contribution >= 0.6 is 0 Å². The molecule has 1 aromatic heterocycles. The van der Waals surface area contributed by atoms with Crippen molar-refractivity contribution in [3.63, 3.8) is 0 Å². The molecule has 4 aromatic rings. The molecule has 0 aliphatic heterocycles. The third-order valence-corrected chi connectivity index (χ3v) is 4.43. The Morgan fingerprint density at radius 3 is 2.38 bits per heavy atom. The summed E-state index contributed by atoms with van der Waals surface area (Å²) in [4.78, 5) is 3.40. The molecule has 21 heavy (non-hydrogen) atoms. The van der Waals surface area contributed by atoms with Gasteiger partial charge in [-0.25, -0.2) is 0 Å². The van der Waals surface area contributed by atoms with Gasteiger partial charge in [-0.1, -0.05) is 48.5 Å². The van der Waals surface area contributed by atoms with E-state index in [0.29, 0.717) is 0 Å². The van der Waals surface area contributed by atoms with Crippen molar-refractivity contribution in [3.8, 4) is 11.1 Å². The number of H-pyrrole nitrogens is 1. The lowest BCUT2D eigenvalue weighted by atomic mass is 9.91. The second-order valence-electron chi connectivity index (χ2n) is 5.66. The van der Waals surface area contributed by atoms with Crippen LogP contribution in [0, 0.1) is 13.8 Å². The minimum absolute atomic E-state index is 1.19. The fourth-order valence-corrected chi connectivity index (χ4v) is 3.22. The van der Waals surface area contributed by atoms with Crippen LogP contribution in [0.2, 0.25) is 0 Å². The van der Waals surface area contributed by atoms with Crippen LogP contribution in [0.15, 0.2) is 60.8 Å². The van der Waals surface area contributed by atoms with Gasteiger partial charge in [0.05, 0.1) is 0 Å². The minimum atomic E-state index is 1.19. The first kappa shape index (κ1) is 12.2. The summed E-state index contributed by atoms with van der Waals surface area (Å²) >= 11 is 0. The zero-order chi connectivity index (χ0) is 14.4. The number of nitrogens with one attached hydrogen (secondary N) is 1. The van der Waals surface area contributed by atoms with Gasteiger partial charge in [-0.05, 0) is 47.4 Å². The van der Waals surface area contributed by atoms with Crippen LogP contribution in [0.25, 0.3) is 32.8 Å². The van der Waals surface area contributed by atoms with E-state index in [1.165, 1.54) is 43.9 Å². The molecule has 0 saturated carbocycles.